The lowest BCUT2D eigenvalue weighted by Gasteiger charge is -2.41. The van der Waals surface area contributed by atoms with Crippen LogP contribution in [0.4, 0.5) is 4.79 Å². The second-order valence-corrected chi connectivity index (χ2v) is 8.26. The molecule has 3 rings (SSSR count). The SMILES string of the molecule is Cc1cc(C)c(C)c(S(=O)(=O)N2CC(N3C(=O)COC3=O)C2)c1C. The molecule has 1 aromatic carbocycles. The molecule has 0 bridgehead atoms. The van der Waals surface area contributed by atoms with E-state index in [4.69, 9.17) is 0 Å². The summed E-state index contributed by atoms with van der Waals surface area (Å²) in [5, 5.41) is 0. The van der Waals surface area contributed by atoms with Gasteiger partial charge in [0.2, 0.25) is 10.0 Å². The number of hydrogen-bond donors (Lipinski definition) is 0. The smallest absolute Gasteiger partial charge is 0.417 e. The normalized spacial score (nSPS) is 19.6. The van der Waals surface area contributed by atoms with Crippen LogP contribution in [-0.4, -0.2) is 55.4 Å². The van der Waals surface area contributed by atoms with Gasteiger partial charge in [0.05, 0.1) is 10.9 Å². The van der Waals surface area contributed by atoms with Gasteiger partial charge in [-0.25, -0.2) is 18.1 Å². The van der Waals surface area contributed by atoms with E-state index in [-0.39, 0.29) is 19.7 Å². The van der Waals surface area contributed by atoms with Crippen LogP contribution in [0.25, 0.3) is 0 Å². The monoisotopic (exact) mass is 352 g/mol. The molecule has 2 heterocycles. The molecule has 2 saturated heterocycles. The fraction of sp³-hybridized carbons (Fsp3) is 0.500. The maximum atomic E-state index is 13.0. The van der Waals surface area contributed by atoms with Crippen LogP contribution in [0.15, 0.2) is 11.0 Å². The predicted molar refractivity (Wildman–Crippen MR) is 86.1 cm³/mol. The van der Waals surface area contributed by atoms with Crippen LogP contribution in [-0.2, 0) is 19.6 Å². The van der Waals surface area contributed by atoms with Gasteiger partial charge in [0.25, 0.3) is 5.91 Å². The molecule has 0 saturated carbocycles. The Bertz CT molecular complexity index is 798. The standard InChI is InChI=1S/C16H20N2O5S/c1-9-5-10(2)12(4)15(11(9)3)24(21,22)17-6-13(7-17)18-14(19)8-23-16(18)20/h5,13H,6-8H2,1-4H3. The molecule has 7 nitrogen and oxygen atoms in total. The van der Waals surface area contributed by atoms with Crippen molar-refractivity contribution in [2.75, 3.05) is 19.7 Å². The number of nitrogens with zero attached hydrogens (tertiary/aromatic N) is 2. The molecule has 2 aliphatic heterocycles. The first kappa shape index (κ1) is 16.9. The van der Waals surface area contributed by atoms with Crippen molar-refractivity contribution in [3.63, 3.8) is 0 Å². The third-order valence-corrected chi connectivity index (χ3v) is 6.98. The lowest BCUT2D eigenvalue weighted by Crippen LogP contribution is -2.62. The average Bonchev–Trinajstić information content (AvgIpc) is 2.75. The summed E-state index contributed by atoms with van der Waals surface area (Å²) in [7, 11) is -3.66. The number of imide groups is 1. The summed E-state index contributed by atoms with van der Waals surface area (Å²) in [4.78, 5) is 24.6. The van der Waals surface area contributed by atoms with Gasteiger partial charge < -0.3 is 4.74 Å². The summed E-state index contributed by atoms with van der Waals surface area (Å²) < 4.78 is 32.0. The molecular formula is C16H20N2O5S. The minimum Gasteiger partial charge on any atom is -0.439 e. The third kappa shape index (κ3) is 2.41. The van der Waals surface area contributed by atoms with E-state index in [0.717, 1.165) is 27.2 Å². The number of amides is 2. The largest absolute Gasteiger partial charge is 0.439 e. The van der Waals surface area contributed by atoms with E-state index in [1.807, 2.05) is 19.9 Å². The van der Waals surface area contributed by atoms with E-state index >= 15 is 0 Å². The van der Waals surface area contributed by atoms with Gasteiger partial charge in [-0.15, -0.1) is 0 Å². The number of rotatable bonds is 3. The molecular weight excluding hydrogens is 332 g/mol. The van der Waals surface area contributed by atoms with Crippen LogP contribution < -0.4 is 0 Å². The van der Waals surface area contributed by atoms with Crippen LogP contribution >= 0.6 is 0 Å². The summed E-state index contributed by atoms with van der Waals surface area (Å²) in [6.45, 7) is 7.32. The molecule has 2 amide bonds. The molecule has 0 radical (unpaired) electrons. The van der Waals surface area contributed by atoms with E-state index < -0.39 is 28.1 Å². The summed E-state index contributed by atoms with van der Waals surface area (Å²) in [5.74, 6) is -0.416. The van der Waals surface area contributed by atoms with Crippen LogP contribution in [0.3, 0.4) is 0 Å². The minimum atomic E-state index is -3.66. The average molecular weight is 352 g/mol. The highest BCUT2D eigenvalue weighted by atomic mass is 32.2. The summed E-state index contributed by atoms with van der Waals surface area (Å²) in [6.07, 6.45) is -0.694. The second-order valence-electron chi connectivity index (χ2n) is 6.38. The first-order valence-electron chi connectivity index (χ1n) is 7.71. The molecule has 0 aliphatic carbocycles. The molecule has 0 N–H and O–H groups in total. The fourth-order valence-electron chi connectivity index (χ4n) is 3.19. The van der Waals surface area contributed by atoms with E-state index in [1.165, 1.54) is 4.31 Å². The van der Waals surface area contributed by atoms with E-state index in [9.17, 15) is 18.0 Å². The van der Waals surface area contributed by atoms with Gasteiger partial charge in [-0.1, -0.05) is 6.07 Å². The van der Waals surface area contributed by atoms with Gasteiger partial charge in [-0.05, 0) is 49.9 Å². The summed E-state index contributed by atoms with van der Waals surface area (Å²) in [6, 6.07) is 1.52. The van der Waals surface area contributed by atoms with Gasteiger partial charge >= 0.3 is 6.09 Å². The van der Waals surface area contributed by atoms with Crippen LogP contribution in [0.2, 0.25) is 0 Å². The van der Waals surface area contributed by atoms with Crippen LogP contribution in [0.1, 0.15) is 22.3 Å². The Balaban J connectivity index is 1.87. The van der Waals surface area contributed by atoms with E-state index in [1.54, 1.807) is 13.8 Å². The number of sulfonamides is 1. The summed E-state index contributed by atoms with van der Waals surface area (Å²) in [5.41, 5.74) is 3.32. The Morgan fingerprint density at radius 1 is 1.04 bits per heavy atom. The number of carbonyl (C=O) groups is 2. The molecule has 0 unspecified atom stereocenters. The molecule has 130 valence electrons. The molecule has 0 spiro atoms. The Labute approximate surface area is 141 Å². The fourth-order valence-corrected chi connectivity index (χ4v) is 5.28. The van der Waals surface area contributed by atoms with Crippen LogP contribution in [0.5, 0.6) is 0 Å². The molecule has 0 aromatic heterocycles. The minimum absolute atomic E-state index is 0.106. The quantitative estimate of drug-likeness (QED) is 0.818. The van der Waals surface area contributed by atoms with Crippen molar-refractivity contribution in [3.8, 4) is 0 Å². The maximum absolute atomic E-state index is 13.0. The molecule has 1 aromatic rings. The number of ether oxygens (including phenoxy) is 1. The van der Waals surface area contributed by atoms with Crippen LogP contribution in [0, 0.1) is 27.7 Å². The molecule has 8 heteroatoms. The van der Waals surface area contributed by atoms with Crippen molar-refractivity contribution in [2.45, 2.75) is 38.6 Å². The highest BCUT2D eigenvalue weighted by Gasteiger charge is 2.47. The van der Waals surface area contributed by atoms with Gasteiger partial charge in [0, 0.05) is 13.1 Å². The Morgan fingerprint density at radius 2 is 1.58 bits per heavy atom. The van der Waals surface area contributed by atoms with Crippen molar-refractivity contribution in [3.05, 3.63) is 28.3 Å². The van der Waals surface area contributed by atoms with Gasteiger partial charge in [-0.3, -0.25) is 4.79 Å². The second kappa shape index (κ2) is 5.56. The van der Waals surface area contributed by atoms with Crippen molar-refractivity contribution < 1.29 is 22.7 Å². The molecule has 2 fully saturated rings. The van der Waals surface area contributed by atoms with Crippen molar-refractivity contribution in [2.24, 2.45) is 0 Å². The van der Waals surface area contributed by atoms with E-state index in [2.05, 4.69) is 4.74 Å². The Hall–Kier alpha value is -1.93. The first-order valence-corrected chi connectivity index (χ1v) is 9.15. The number of carbonyl (C=O) groups excluding carboxylic acids is 2. The van der Waals surface area contributed by atoms with E-state index in [0.29, 0.717) is 4.90 Å². The highest BCUT2D eigenvalue weighted by Crippen LogP contribution is 2.32. The lowest BCUT2D eigenvalue weighted by atomic mass is 10.0. The highest BCUT2D eigenvalue weighted by molar-refractivity contribution is 7.89. The lowest BCUT2D eigenvalue weighted by molar-refractivity contribution is -0.128. The Kier molecular flexibility index (Phi) is 3.92. The molecule has 24 heavy (non-hydrogen) atoms. The van der Waals surface area contributed by atoms with Crippen molar-refractivity contribution >= 4 is 22.0 Å². The number of hydrogen-bond acceptors (Lipinski definition) is 5. The predicted octanol–water partition coefficient (Wildman–Crippen LogP) is 1.27. The number of aryl methyl sites for hydroxylation is 2. The maximum Gasteiger partial charge on any atom is 0.417 e. The van der Waals surface area contributed by atoms with Crippen molar-refractivity contribution in [1.29, 1.82) is 0 Å². The Morgan fingerprint density at radius 3 is 2.04 bits per heavy atom. The zero-order chi connectivity index (χ0) is 17.8. The molecule has 0 atom stereocenters. The zero-order valence-corrected chi connectivity index (χ0v) is 14.9. The van der Waals surface area contributed by atoms with Gasteiger partial charge in [0.15, 0.2) is 6.61 Å². The first-order chi connectivity index (χ1) is 11.1. The number of cyclic esters (lactones) is 1. The number of benzene rings is 1. The van der Waals surface area contributed by atoms with Gasteiger partial charge in [0.1, 0.15) is 0 Å². The topological polar surface area (TPSA) is 84.0 Å². The zero-order valence-electron chi connectivity index (χ0n) is 14.1. The van der Waals surface area contributed by atoms with Crippen molar-refractivity contribution in [1.82, 2.24) is 9.21 Å². The third-order valence-electron chi connectivity index (χ3n) is 4.87. The molecule has 2 aliphatic rings. The summed E-state index contributed by atoms with van der Waals surface area (Å²) >= 11 is 0. The van der Waals surface area contributed by atoms with Gasteiger partial charge in [-0.2, -0.15) is 4.31 Å².